The van der Waals surface area contributed by atoms with Crippen molar-refractivity contribution in [3.63, 3.8) is 0 Å². The minimum atomic E-state index is -2.20. The molecule has 2 heteroatoms. The molecule has 97 valence electrons. The van der Waals surface area contributed by atoms with E-state index in [0.29, 0.717) is 16.6 Å². The van der Waals surface area contributed by atoms with E-state index in [-0.39, 0.29) is 0 Å². The second kappa shape index (κ2) is 5.04. The van der Waals surface area contributed by atoms with Gasteiger partial charge in [0.05, 0.1) is 0 Å². The van der Waals surface area contributed by atoms with E-state index >= 15 is 0 Å². The van der Waals surface area contributed by atoms with Gasteiger partial charge in [-0.15, -0.1) is 0 Å². The van der Waals surface area contributed by atoms with Gasteiger partial charge >= 0.3 is 0 Å². The van der Waals surface area contributed by atoms with E-state index in [1.807, 2.05) is 0 Å². The van der Waals surface area contributed by atoms with Gasteiger partial charge in [-0.05, 0) is 16.6 Å². The van der Waals surface area contributed by atoms with Crippen molar-refractivity contribution in [1.29, 1.82) is 0 Å². The summed E-state index contributed by atoms with van der Waals surface area (Å²) >= 11 is 0. The summed E-state index contributed by atoms with van der Waals surface area (Å²) in [7, 11) is -2.20. The third kappa shape index (κ3) is 2.12. The van der Waals surface area contributed by atoms with Gasteiger partial charge in [0.1, 0.15) is 0 Å². The van der Waals surface area contributed by atoms with E-state index in [9.17, 15) is 4.80 Å². The first-order valence-corrected chi connectivity index (χ1v) is 10.2. The van der Waals surface area contributed by atoms with Crippen molar-refractivity contribution in [2.24, 2.45) is 0 Å². The van der Waals surface area contributed by atoms with Gasteiger partial charge in [-0.25, -0.2) is 0 Å². The van der Waals surface area contributed by atoms with Crippen molar-refractivity contribution in [3.8, 4) is 0 Å². The van der Waals surface area contributed by atoms with Gasteiger partial charge in [0, 0.05) is 0 Å². The van der Waals surface area contributed by atoms with Crippen LogP contribution in [0, 0.1) is 0 Å². The van der Waals surface area contributed by atoms with Gasteiger partial charge in [-0.3, -0.25) is 4.80 Å². The molecule has 0 aromatic rings. The topological polar surface area (TPSA) is 19.9 Å². The van der Waals surface area contributed by atoms with Crippen LogP contribution in [0.25, 0.3) is 0 Å². The molecule has 3 fully saturated rings. The smallest absolute Gasteiger partial charge is 0.246 e. The lowest BCUT2D eigenvalue weighted by atomic mass is 10.3. The molecular formula is C15H27OSi. The summed E-state index contributed by atoms with van der Waals surface area (Å²) in [6.45, 7) is 0. The maximum absolute atomic E-state index is 13.8. The lowest BCUT2D eigenvalue weighted by Gasteiger charge is -2.39. The van der Waals surface area contributed by atoms with Crippen LogP contribution in [0.1, 0.15) is 77.0 Å². The zero-order chi connectivity index (χ0) is 11.7. The Bertz CT molecular complexity index is 207. The van der Waals surface area contributed by atoms with Crippen LogP contribution in [-0.2, 0) is 4.80 Å². The molecule has 1 nitrogen and oxygen atoms in total. The molecule has 3 aliphatic carbocycles. The second-order valence-corrected chi connectivity index (χ2v) is 11.0. The molecule has 0 aromatic carbocycles. The average molecular weight is 251 g/mol. The third-order valence-corrected chi connectivity index (χ3v) is 11.5. The Kier molecular flexibility index (Phi) is 3.63. The van der Waals surface area contributed by atoms with Gasteiger partial charge < -0.3 is 0 Å². The highest BCUT2D eigenvalue weighted by atomic mass is 28.4. The first kappa shape index (κ1) is 12.2. The standard InChI is InChI=1S/C15H27OSi/c16-17(13-7-1-2-8-13,14-9-3-4-10-14)15-11-5-6-12-15/h13-15H,1-12H2. The zero-order valence-corrected chi connectivity index (χ0v) is 12.1. The molecular weight excluding hydrogens is 224 g/mol. The predicted octanol–water partition coefficient (Wildman–Crippen LogP) is 5.20. The van der Waals surface area contributed by atoms with Crippen LogP contribution in [0.4, 0.5) is 0 Å². The molecule has 3 aliphatic rings. The van der Waals surface area contributed by atoms with Gasteiger partial charge in [-0.2, -0.15) is 0 Å². The minimum absolute atomic E-state index is 0.675. The fourth-order valence-electron chi connectivity index (χ4n) is 5.13. The highest BCUT2D eigenvalue weighted by Gasteiger charge is 2.55. The molecule has 3 rings (SSSR count). The Morgan fingerprint density at radius 1 is 0.529 bits per heavy atom. The first-order chi connectivity index (χ1) is 8.32. The highest BCUT2D eigenvalue weighted by Crippen LogP contribution is 2.57. The molecule has 0 unspecified atom stereocenters. The average Bonchev–Trinajstić information content (AvgIpc) is 3.10. The summed E-state index contributed by atoms with van der Waals surface area (Å²) in [4.78, 5) is 13.8. The van der Waals surface area contributed by atoms with E-state index in [1.54, 1.807) is 0 Å². The normalized spacial score (nSPS) is 29.5. The van der Waals surface area contributed by atoms with E-state index in [2.05, 4.69) is 0 Å². The molecule has 0 aromatic heterocycles. The van der Waals surface area contributed by atoms with Crippen molar-refractivity contribution in [1.82, 2.24) is 0 Å². The maximum Gasteiger partial charge on any atom is 0.246 e. The Labute approximate surface area is 107 Å². The molecule has 0 bridgehead atoms. The van der Waals surface area contributed by atoms with Crippen LogP contribution >= 0.6 is 0 Å². The van der Waals surface area contributed by atoms with E-state index in [1.165, 1.54) is 77.0 Å². The van der Waals surface area contributed by atoms with Crippen LogP contribution in [0.3, 0.4) is 0 Å². The molecule has 0 saturated heterocycles. The summed E-state index contributed by atoms with van der Waals surface area (Å²) in [6.07, 6.45) is 16.0. The largest absolute Gasteiger partial charge is 0.296 e. The molecule has 0 atom stereocenters. The van der Waals surface area contributed by atoms with Gasteiger partial charge in [0.15, 0.2) is 0 Å². The third-order valence-electron chi connectivity index (χ3n) is 5.98. The molecule has 1 radical (unpaired) electrons. The van der Waals surface area contributed by atoms with E-state index in [4.69, 9.17) is 0 Å². The van der Waals surface area contributed by atoms with E-state index in [0.717, 1.165) is 0 Å². The van der Waals surface area contributed by atoms with Crippen molar-refractivity contribution in [3.05, 3.63) is 0 Å². The molecule has 0 N–H and O–H groups in total. The molecule has 0 amide bonds. The van der Waals surface area contributed by atoms with Crippen LogP contribution < -0.4 is 0 Å². The fraction of sp³-hybridized carbons (Fsp3) is 1.00. The molecule has 3 saturated carbocycles. The van der Waals surface area contributed by atoms with Crippen molar-refractivity contribution < 1.29 is 4.80 Å². The summed E-state index contributed by atoms with van der Waals surface area (Å²) < 4.78 is 0. The summed E-state index contributed by atoms with van der Waals surface area (Å²) in [5, 5.41) is 0. The Hall–Kier alpha value is 0.177. The summed E-state index contributed by atoms with van der Waals surface area (Å²) in [6, 6.07) is 0. The summed E-state index contributed by atoms with van der Waals surface area (Å²) in [5.41, 5.74) is 2.02. The van der Waals surface area contributed by atoms with E-state index < -0.39 is 8.32 Å². The monoisotopic (exact) mass is 251 g/mol. The molecule has 0 spiro atoms. The predicted molar refractivity (Wildman–Crippen MR) is 73.1 cm³/mol. The number of hydrogen-bond acceptors (Lipinski definition) is 0. The lowest BCUT2D eigenvalue weighted by molar-refractivity contribution is 0.354. The van der Waals surface area contributed by atoms with Gasteiger partial charge in [0.25, 0.3) is 0 Å². The van der Waals surface area contributed by atoms with Gasteiger partial charge in [0.2, 0.25) is 8.32 Å². The highest BCUT2D eigenvalue weighted by molar-refractivity contribution is 6.76. The zero-order valence-electron chi connectivity index (χ0n) is 11.1. The van der Waals surface area contributed by atoms with Crippen LogP contribution in [0.2, 0.25) is 16.6 Å². The van der Waals surface area contributed by atoms with Crippen LogP contribution in [0.5, 0.6) is 0 Å². The number of rotatable bonds is 3. The second-order valence-electron chi connectivity index (χ2n) is 6.80. The van der Waals surface area contributed by atoms with Crippen molar-refractivity contribution >= 4 is 8.32 Å². The Morgan fingerprint density at radius 3 is 1.00 bits per heavy atom. The number of hydrogen-bond donors (Lipinski definition) is 0. The quantitative estimate of drug-likeness (QED) is 0.615. The Balaban J connectivity index is 1.81. The van der Waals surface area contributed by atoms with Crippen LogP contribution in [0.15, 0.2) is 0 Å². The maximum atomic E-state index is 13.8. The Morgan fingerprint density at radius 2 is 0.765 bits per heavy atom. The van der Waals surface area contributed by atoms with Crippen molar-refractivity contribution in [2.75, 3.05) is 0 Å². The fourth-order valence-corrected chi connectivity index (χ4v) is 11.1. The lowest BCUT2D eigenvalue weighted by Crippen LogP contribution is -2.46. The van der Waals surface area contributed by atoms with Crippen LogP contribution in [-0.4, -0.2) is 8.32 Å². The molecule has 17 heavy (non-hydrogen) atoms. The molecule has 0 heterocycles. The van der Waals surface area contributed by atoms with Gasteiger partial charge in [-0.1, -0.05) is 77.0 Å². The first-order valence-electron chi connectivity index (χ1n) is 8.02. The SMILES string of the molecule is [O][Si](C1CCCC1)(C1CCCC1)C1CCCC1. The van der Waals surface area contributed by atoms with Crippen molar-refractivity contribution in [2.45, 2.75) is 93.7 Å². The minimum Gasteiger partial charge on any atom is -0.296 e. The summed E-state index contributed by atoms with van der Waals surface area (Å²) in [5.74, 6) is 0. The molecule has 0 aliphatic heterocycles.